The number of carbonyl (C=O) groups is 1. The lowest BCUT2D eigenvalue weighted by molar-refractivity contribution is 0.103. The molecule has 0 radical (unpaired) electrons. The first-order valence-electron chi connectivity index (χ1n) is 6.87. The van der Waals surface area contributed by atoms with Gasteiger partial charge in [0.1, 0.15) is 17.5 Å². The van der Waals surface area contributed by atoms with Crippen molar-refractivity contribution in [3.63, 3.8) is 0 Å². The molecule has 21 heavy (non-hydrogen) atoms. The van der Waals surface area contributed by atoms with Crippen molar-refractivity contribution in [2.24, 2.45) is 0 Å². The second-order valence-corrected chi connectivity index (χ2v) is 6.33. The molecule has 1 heterocycles. The summed E-state index contributed by atoms with van der Waals surface area (Å²) in [5, 5.41) is 0. The van der Waals surface area contributed by atoms with E-state index in [1.807, 2.05) is 0 Å². The maximum atomic E-state index is 13.7. The van der Waals surface area contributed by atoms with Crippen molar-refractivity contribution in [2.45, 2.75) is 32.1 Å². The van der Waals surface area contributed by atoms with Crippen molar-refractivity contribution in [3.8, 4) is 0 Å². The van der Waals surface area contributed by atoms with Crippen LogP contribution in [0.1, 0.15) is 44.9 Å². The van der Waals surface area contributed by atoms with Gasteiger partial charge < -0.3 is 0 Å². The van der Waals surface area contributed by atoms with Crippen LogP contribution in [0.2, 0.25) is 0 Å². The number of thiophene rings is 1. The van der Waals surface area contributed by atoms with E-state index >= 15 is 0 Å². The second kappa shape index (κ2) is 5.64. The summed E-state index contributed by atoms with van der Waals surface area (Å²) in [5.74, 6) is -4.03. The number of hydrogen-bond acceptors (Lipinski definition) is 2. The molecule has 0 atom stereocenters. The van der Waals surface area contributed by atoms with Gasteiger partial charge in [-0.25, -0.2) is 13.2 Å². The maximum Gasteiger partial charge on any atom is 0.208 e. The number of ketones is 1. The van der Waals surface area contributed by atoms with Gasteiger partial charge in [-0.2, -0.15) is 0 Å². The van der Waals surface area contributed by atoms with Crippen LogP contribution in [-0.2, 0) is 12.8 Å². The zero-order valence-corrected chi connectivity index (χ0v) is 12.0. The average molecular weight is 310 g/mol. The summed E-state index contributed by atoms with van der Waals surface area (Å²) in [7, 11) is 0. The van der Waals surface area contributed by atoms with Crippen LogP contribution < -0.4 is 0 Å². The Kier molecular flexibility index (Phi) is 3.85. The van der Waals surface area contributed by atoms with Gasteiger partial charge in [0.05, 0.1) is 10.4 Å². The van der Waals surface area contributed by atoms with Crippen molar-refractivity contribution in [1.82, 2.24) is 0 Å². The van der Waals surface area contributed by atoms with E-state index in [-0.39, 0.29) is 0 Å². The van der Waals surface area contributed by atoms with Gasteiger partial charge >= 0.3 is 0 Å². The first kappa shape index (κ1) is 14.3. The Morgan fingerprint density at radius 1 is 0.952 bits per heavy atom. The molecule has 0 bridgehead atoms. The van der Waals surface area contributed by atoms with Crippen LogP contribution in [-0.4, -0.2) is 5.78 Å². The topological polar surface area (TPSA) is 17.1 Å². The van der Waals surface area contributed by atoms with Gasteiger partial charge in [0.2, 0.25) is 5.78 Å². The van der Waals surface area contributed by atoms with Crippen molar-refractivity contribution >= 4 is 17.1 Å². The molecule has 0 N–H and O–H groups in total. The van der Waals surface area contributed by atoms with E-state index in [9.17, 15) is 18.0 Å². The van der Waals surface area contributed by atoms with Crippen molar-refractivity contribution in [3.05, 3.63) is 56.5 Å². The zero-order valence-electron chi connectivity index (χ0n) is 11.2. The molecular formula is C16H13F3OS. The van der Waals surface area contributed by atoms with E-state index in [0.717, 1.165) is 42.5 Å². The Morgan fingerprint density at radius 2 is 1.62 bits per heavy atom. The van der Waals surface area contributed by atoms with Crippen LogP contribution in [0.15, 0.2) is 18.2 Å². The van der Waals surface area contributed by atoms with Gasteiger partial charge in [0.15, 0.2) is 0 Å². The van der Waals surface area contributed by atoms with Crippen molar-refractivity contribution in [1.29, 1.82) is 0 Å². The molecule has 1 nitrogen and oxygen atoms in total. The molecule has 1 aliphatic rings. The van der Waals surface area contributed by atoms with E-state index in [2.05, 4.69) is 0 Å². The predicted octanol–water partition coefficient (Wildman–Crippen LogP) is 4.67. The first-order valence-corrected chi connectivity index (χ1v) is 7.68. The van der Waals surface area contributed by atoms with E-state index in [1.54, 1.807) is 6.07 Å². The Labute approximate surface area is 124 Å². The third kappa shape index (κ3) is 2.75. The number of fused-ring (bicyclic) bond motifs is 1. The third-order valence-electron chi connectivity index (χ3n) is 3.70. The Balaban J connectivity index is 2.00. The van der Waals surface area contributed by atoms with Crippen LogP contribution in [0.4, 0.5) is 13.2 Å². The predicted molar refractivity (Wildman–Crippen MR) is 75.3 cm³/mol. The second-order valence-electron chi connectivity index (χ2n) is 5.19. The number of benzene rings is 1. The fraction of sp³-hybridized carbons (Fsp3) is 0.312. The lowest BCUT2D eigenvalue weighted by Gasteiger charge is -2.03. The summed E-state index contributed by atoms with van der Waals surface area (Å²) >= 11 is 1.30. The minimum atomic E-state index is -1.15. The minimum absolute atomic E-state index is 0.325. The third-order valence-corrected chi connectivity index (χ3v) is 4.94. The molecule has 0 saturated carbocycles. The summed E-state index contributed by atoms with van der Waals surface area (Å²) in [6.07, 6.45) is 5.10. The number of aryl methyl sites for hydroxylation is 2. The molecule has 0 spiro atoms. The van der Waals surface area contributed by atoms with Gasteiger partial charge in [-0.05, 0) is 37.3 Å². The summed E-state index contributed by atoms with van der Waals surface area (Å²) < 4.78 is 40.3. The fourth-order valence-electron chi connectivity index (χ4n) is 2.66. The standard InChI is InChI=1S/C16H13F3OS/c17-10-7-11(18)15(12(19)8-10)16(20)14-6-9-4-2-1-3-5-13(9)21-14/h6-8H,1-5H2. The van der Waals surface area contributed by atoms with E-state index in [1.165, 1.54) is 11.3 Å². The van der Waals surface area contributed by atoms with Gasteiger partial charge in [-0.1, -0.05) is 6.42 Å². The van der Waals surface area contributed by atoms with Crippen LogP contribution >= 0.6 is 11.3 Å². The smallest absolute Gasteiger partial charge is 0.208 e. The molecule has 110 valence electrons. The summed E-state index contributed by atoms with van der Waals surface area (Å²) in [5.41, 5.74) is 0.427. The maximum absolute atomic E-state index is 13.7. The number of carbonyl (C=O) groups excluding carboxylic acids is 1. The molecule has 0 saturated heterocycles. The molecule has 0 fully saturated rings. The number of halogens is 3. The molecule has 5 heteroatoms. The van der Waals surface area contributed by atoms with Gasteiger partial charge in [-0.3, -0.25) is 4.79 Å². The van der Waals surface area contributed by atoms with Crippen LogP contribution in [0.3, 0.4) is 0 Å². The highest BCUT2D eigenvalue weighted by molar-refractivity contribution is 7.14. The van der Waals surface area contributed by atoms with Crippen molar-refractivity contribution in [2.75, 3.05) is 0 Å². The Morgan fingerprint density at radius 3 is 2.33 bits per heavy atom. The van der Waals surface area contributed by atoms with Crippen LogP contribution in [0.25, 0.3) is 0 Å². The Bertz CT molecular complexity index is 659. The monoisotopic (exact) mass is 310 g/mol. The lowest BCUT2D eigenvalue weighted by Crippen LogP contribution is -2.06. The normalized spacial score (nSPS) is 14.6. The molecule has 0 unspecified atom stereocenters. The largest absolute Gasteiger partial charge is 0.287 e. The molecule has 1 aromatic carbocycles. The summed E-state index contributed by atoms with van der Waals surface area (Å²) in [6.45, 7) is 0. The molecule has 2 aromatic rings. The first-order chi connectivity index (χ1) is 10.1. The molecular weight excluding hydrogens is 297 g/mol. The van der Waals surface area contributed by atoms with E-state index in [4.69, 9.17) is 0 Å². The molecule has 1 aromatic heterocycles. The highest BCUT2D eigenvalue weighted by atomic mass is 32.1. The SMILES string of the molecule is O=C(c1cc2c(s1)CCCCC2)c1c(F)cc(F)cc1F. The quantitative estimate of drug-likeness (QED) is 0.582. The lowest BCUT2D eigenvalue weighted by atomic mass is 10.1. The van der Waals surface area contributed by atoms with Gasteiger partial charge in [-0.15, -0.1) is 11.3 Å². The van der Waals surface area contributed by atoms with Gasteiger partial charge in [0, 0.05) is 17.0 Å². The molecule has 0 amide bonds. The average Bonchev–Trinajstić information content (AvgIpc) is 2.69. The molecule has 3 rings (SSSR count). The minimum Gasteiger partial charge on any atom is -0.287 e. The Hall–Kier alpha value is -1.62. The fourth-order valence-corrected chi connectivity index (χ4v) is 3.86. The summed E-state index contributed by atoms with van der Waals surface area (Å²) in [6, 6.07) is 2.81. The van der Waals surface area contributed by atoms with Crippen molar-refractivity contribution < 1.29 is 18.0 Å². The highest BCUT2D eigenvalue weighted by Crippen LogP contribution is 2.31. The number of rotatable bonds is 2. The van der Waals surface area contributed by atoms with Crippen LogP contribution in [0, 0.1) is 17.5 Å². The van der Waals surface area contributed by atoms with Gasteiger partial charge in [0.25, 0.3) is 0 Å². The zero-order chi connectivity index (χ0) is 15.0. The van der Waals surface area contributed by atoms with E-state index < -0.39 is 28.8 Å². The summed E-state index contributed by atoms with van der Waals surface area (Å²) in [4.78, 5) is 13.8. The number of hydrogen-bond donors (Lipinski definition) is 0. The molecule has 0 aliphatic heterocycles. The van der Waals surface area contributed by atoms with Crippen LogP contribution in [0.5, 0.6) is 0 Å². The van der Waals surface area contributed by atoms with E-state index in [0.29, 0.717) is 17.0 Å². The highest BCUT2D eigenvalue weighted by Gasteiger charge is 2.23. The molecule has 1 aliphatic carbocycles.